The maximum Gasteiger partial charge on any atom is 0.191 e. The summed E-state index contributed by atoms with van der Waals surface area (Å²) in [5.41, 5.74) is 2.51. The first kappa shape index (κ1) is 22.0. The van der Waals surface area contributed by atoms with Gasteiger partial charge in [-0.15, -0.1) is 0 Å². The van der Waals surface area contributed by atoms with Crippen LogP contribution < -0.4 is 15.5 Å². The number of likely N-dealkylation sites (N-methyl/N-ethyl adjacent to an activating group) is 1. The van der Waals surface area contributed by atoms with Crippen molar-refractivity contribution < 1.29 is 4.39 Å². The third kappa shape index (κ3) is 5.69. The zero-order valence-corrected chi connectivity index (χ0v) is 18.4. The van der Waals surface area contributed by atoms with Gasteiger partial charge in [-0.3, -0.25) is 4.99 Å². The number of aromatic nitrogens is 1. The first-order chi connectivity index (χ1) is 14.5. The summed E-state index contributed by atoms with van der Waals surface area (Å²) in [7, 11) is 4.16. The van der Waals surface area contributed by atoms with Crippen LogP contribution in [-0.4, -0.2) is 62.2 Å². The van der Waals surface area contributed by atoms with Gasteiger partial charge in [0, 0.05) is 31.9 Å². The molecule has 2 heterocycles. The molecule has 3 rings (SSSR count). The Hall–Kier alpha value is -2.67. The minimum Gasteiger partial charge on any atom is -0.357 e. The largest absolute Gasteiger partial charge is 0.357 e. The SMILES string of the molecule is CCNC(=NCC(c1ccc(C)cc1)N(C)C)NC1CCN(c2ncccc2F)C1. The fourth-order valence-corrected chi connectivity index (χ4v) is 3.73. The first-order valence-electron chi connectivity index (χ1n) is 10.6. The van der Waals surface area contributed by atoms with E-state index in [-0.39, 0.29) is 17.9 Å². The molecule has 162 valence electrons. The van der Waals surface area contributed by atoms with Crippen molar-refractivity contribution in [3.8, 4) is 0 Å². The summed E-state index contributed by atoms with van der Waals surface area (Å²) >= 11 is 0. The Morgan fingerprint density at radius 2 is 2.07 bits per heavy atom. The predicted molar refractivity (Wildman–Crippen MR) is 122 cm³/mol. The molecule has 2 aromatic rings. The molecule has 1 aromatic heterocycles. The number of guanidine groups is 1. The quantitative estimate of drug-likeness (QED) is 0.541. The first-order valence-corrected chi connectivity index (χ1v) is 10.6. The number of rotatable bonds is 7. The van der Waals surface area contributed by atoms with Gasteiger partial charge in [-0.1, -0.05) is 29.8 Å². The smallest absolute Gasteiger partial charge is 0.191 e. The Labute approximate surface area is 179 Å². The number of nitrogens with one attached hydrogen (secondary N) is 2. The second-order valence-corrected chi connectivity index (χ2v) is 7.99. The van der Waals surface area contributed by atoms with Crippen molar-refractivity contribution in [1.82, 2.24) is 20.5 Å². The Kier molecular flexibility index (Phi) is 7.63. The Bertz CT molecular complexity index is 836. The van der Waals surface area contributed by atoms with E-state index in [1.54, 1.807) is 12.3 Å². The lowest BCUT2D eigenvalue weighted by Crippen LogP contribution is -2.45. The molecule has 6 nitrogen and oxygen atoms in total. The molecule has 2 N–H and O–H groups in total. The molecule has 0 bridgehead atoms. The molecule has 1 aliphatic heterocycles. The summed E-state index contributed by atoms with van der Waals surface area (Å²) in [4.78, 5) is 13.2. The monoisotopic (exact) mass is 412 g/mol. The van der Waals surface area contributed by atoms with E-state index < -0.39 is 0 Å². The van der Waals surface area contributed by atoms with Crippen LogP contribution in [0.15, 0.2) is 47.6 Å². The van der Waals surface area contributed by atoms with E-state index in [9.17, 15) is 4.39 Å². The van der Waals surface area contributed by atoms with Crippen LogP contribution in [0, 0.1) is 12.7 Å². The number of hydrogen-bond donors (Lipinski definition) is 2. The molecule has 1 aliphatic rings. The van der Waals surface area contributed by atoms with E-state index in [4.69, 9.17) is 4.99 Å². The van der Waals surface area contributed by atoms with Gasteiger partial charge in [0.05, 0.1) is 12.6 Å². The van der Waals surface area contributed by atoms with Crippen LogP contribution in [0.2, 0.25) is 0 Å². The van der Waals surface area contributed by atoms with Crippen molar-refractivity contribution >= 4 is 11.8 Å². The lowest BCUT2D eigenvalue weighted by molar-refractivity contribution is 0.306. The van der Waals surface area contributed by atoms with Crippen molar-refractivity contribution in [3.05, 3.63) is 59.5 Å². The van der Waals surface area contributed by atoms with Crippen LogP contribution in [0.5, 0.6) is 0 Å². The van der Waals surface area contributed by atoms with Crippen LogP contribution >= 0.6 is 0 Å². The minimum atomic E-state index is -0.273. The van der Waals surface area contributed by atoms with Gasteiger partial charge >= 0.3 is 0 Å². The molecule has 30 heavy (non-hydrogen) atoms. The lowest BCUT2D eigenvalue weighted by atomic mass is 10.0. The molecular formula is C23H33FN6. The van der Waals surface area contributed by atoms with E-state index in [0.29, 0.717) is 18.9 Å². The number of anilines is 1. The number of pyridine rings is 1. The standard InChI is InChI=1S/C23H33FN6/c1-5-25-23(27-15-21(29(3)4)18-10-8-17(2)9-11-18)28-19-12-14-30(16-19)22-20(24)7-6-13-26-22/h6-11,13,19,21H,5,12,14-16H2,1-4H3,(H2,25,27,28). The highest BCUT2D eigenvalue weighted by molar-refractivity contribution is 5.80. The van der Waals surface area contributed by atoms with Crippen molar-refractivity contribution in [3.63, 3.8) is 0 Å². The van der Waals surface area contributed by atoms with Crippen molar-refractivity contribution in [2.24, 2.45) is 4.99 Å². The average Bonchev–Trinajstić information content (AvgIpc) is 3.18. The fourth-order valence-electron chi connectivity index (χ4n) is 3.73. The van der Waals surface area contributed by atoms with E-state index >= 15 is 0 Å². The average molecular weight is 413 g/mol. The normalized spacial score (nSPS) is 18.0. The second-order valence-electron chi connectivity index (χ2n) is 7.99. The van der Waals surface area contributed by atoms with Crippen LogP contribution in [0.3, 0.4) is 0 Å². The van der Waals surface area contributed by atoms with Crippen molar-refractivity contribution in [1.29, 1.82) is 0 Å². The van der Waals surface area contributed by atoms with Crippen LogP contribution in [0.4, 0.5) is 10.2 Å². The van der Waals surface area contributed by atoms with E-state index in [0.717, 1.165) is 25.5 Å². The highest BCUT2D eigenvalue weighted by Gasteiger charge is 2.26. The Morgan fingerprint density at radius 1 is 1.30 bits per heavy atom. The Morgan fingerprint density at radius 3 is 2.73 bits per heavy atom. The highest BCUT2D eigenvalue weighted by atomic mass is 19.1. The molecule has 0 radical (unpaired) electrons. The van der Waals surface area contributed by atoms with Gasteiger partial charge < -0.3 is 20.4 Å². The molecule has 0 amide bonds. The summed E-state index contributed by atoms with van der Waals surface area (Å²) in [6.07, 6.45) is 2.55. The van der Waals surface area contributed by atoms with Gasteiger partial charge in [0.2, 0.25) is 0 Å². The predicted octanol–water partition coefficient (Wildman–Crippen LogP) is 2.97. The molecule has 0 aliphatic carbocycles. The summed E-state index contributed by atoms with van der Waals surface area (Å²) < 4.78 is 14.1. The highest BCUT2D eigenvalue weighted by Crippen LogP contribution is 2.21. The van der Waals surface area contributed by atoms with E-state index in [1.165, 1.54) is 17.2 Å². The zero-order valence-electron chi connectivity index (χ0n) is 18.4. The van der Waals surface area contributed by atoms with Gasteiger partial charge in [0.1, 0.15) is 0 Å². The Balaban J connectivity index is 1.65. The van der Waals surface area contributed by atoms with E-state index in [1.807, 2.05) is 4.90 Å². The van der Waals surface area contributed by atoms with Crippen molar-refractivity contribution in [2.75, 3.05) is 45.2 Å². The van der Waals surface area contributed by atoms with Gasteiger partial charge in [-0.2, -0.15) is 0 Å². The number of benzene rings is 1. The third-order valence-electron chi connectivity index (χ3n) is 5.42. The molecule has 7 heteroatoms. The summed E-state index contributed by atoms with van der Waals surface area (Å²) in [6.45, 7) is 7.07. The van der Waals surface area contributed by atoms with E-state index in [2.05, 4.69) is 72.7 Å². The maximum atomic E-state index is 14.1. The number of aryl methyl sites for hydroxylation is 1. The van der Waals surface area contributed by atoms with Crippen LogP contribution in [0.1, 0.15) is 30.5 Å². The minimum absolute atomic E-state index is 0.196. The molecule has 0 saturated carbocycles. The van der Waals surface area contributed by atoms with Crippen LogP contribution in [0.25, 0.3) is 0 Å². The summed E-state index contributed by atoms with van der Waals surface area (Å²) in [5, 5.41) is 6.86. The molecule has 2 unspecified atom stereocenters. The fraction of sp³-hybridized carbons (Fsp3) is 0.478. The number of nitrogens with zero attached hydrogens (tertiary/aromatic N) is 4. The van der Waals surface area contributed by atoms with Gasteiger partial charge in [-0.05, 0) is 52.1 Å². The molecule has 1 saturated heterocycles. The van der Waals surface area contributed by atoms with Crippen molar-refractivity contribution in [2.45, 2.75) is 32.4 Å². The number of halogens is 1. The molecular weight excluding hydrogens is 379 g/mol. The summed E-state index contributed by atoms with van der Waals surface area (Å²) in [6, 6.07) is 12.1. The van der Waals surface area contributed by atoms with Gasteiger partial charge in [0.15, 0.2) is 17.6 Å². The second kappa shape index (κ2) is 10.4. The van der Waals surface area contributed by atoms with Crippen LogP contribution in [-0.2, 0) is 0 Å². The van der Waals surface area contributed by atoms with Gasteiger partial charge in [0.25, 0.3) is 0 Å². The maximum absolute atomic E-state index is 14.1. The molecule has 0 spiro atoms. The summed E-state index contributed by atoms with van der Waals surface area (Å²) in [5.74, 6) is 0.950. The number of aliphatic imine (C=N–C) groups is 1. The van der Waals surface area contributed by atoms with Gasteiger partial charge in [-0.25, -0.2) is 9.37 Å². The lowest BCUT2D eigenvalue weighted by Gasteiger charge is -2.24. The third-order valence-corrected chi connectivity index (χ3v) is 5.42. The molecule has 2 atom stereocenters. The number of hydrogen-bond acceptors (Lipinski definition) is 4. The molecule has 1 fully saturated rings. The topological polar surface area (TPSA) is 55.8 Å². The zero-order chi connectivity index (χ0) is 21.5. The molecule has 1 aromatic carbocycles.